The number of hydrogen-bond acceptors (Lipinski definition) is 4. The summed E-state index contributed by atoms with van der Waals surface area (Å²) in [4.78, 5) is 17.1. The van der Waals surface area contributed by atoms with E-state index in [1.807, 2.05) is 24.3 Å². The number of benzene rings is 1. The van der Waals surface area contributed by atoms with Gasteiger partial charge in [0.1, 0.15) is 5.76 Å². The maximum absolute atomic E-state index is 12.0. The molecule has 0 bridgehead atoms. The monoisotopic (exact) mass is 376 g/mol. The predicted molar refractivity (Wildman–Crippen MR) is 93.0 cm³/mol. The highest BCUT2D eigenvalue weighted by Crippen LogP contribution is 2.30. The zero-order valence-corrected chi connectivity index (χ0v) is 14.2. The Morgan fingerprint density at radius 3 is 2.86 bits per heavy atom. The lowest BCUT2D eigenvalue weighted by molar-refractivity contribution is -0.115. The molecule has 2 heterocycles. The van der Waals surface area contributed by atoms with Crippen LogP contribution in [0, 0.1) is 0 Å². The number of amides is 1. The first-order valence-corrected chi connectivity index (χ1v) is 8.39. The van der Waals surface area contributed by atoms with Gasteiger partial charge in [0.05, 0.1) is 10.6 Å². The molecule has 4 nitrogen and oxygen atoms in total. The van der Waals surface area contributed by atoms with Crippen molar-refractivity contribution in [3.8, 4) is 0 Å². The van der Waals surface area contributed by atoms with E-state index in [0.717, 1.165) is 17.7 Å². The molecule has 0 spiro atoms. The van der Waals surface area contributed by atoms with Crippen LogP contribution in [0.5, 0.6) is 0 Å². The van der Waals surface area contributed by atoms with Gasteiger partial charge in [-0.3, -0.25) is 4.79 Å². The van der Waals surface area contributed by atoms with Crippen LogP contribution in [0.15, 0.2) is 55.4 Å². The van der Waals surface area contributed by atoms with Gasteiger partial charge in [-0.1, -0.05) is 25.1 Å². The van der Waals surface area contributed by atoms with Crippen molar-refractivity contribution >= 4 is 50.5 Å². The van der Waals surface area contributed by atoms with Crippen molar-refractivity contribution < 1.29 is 9.21 Å². The van der Waals surface area contributed by atoms with Crippen molar-refractivity contribution in [2.45, 2.75) is 13.3 Å². The normalized spacial score (nSPS) is 18.2. The Bertz CT molecular complexity index is 780. The number of para-hydroxylation sites is 1. The second-order valence-corrected chi connectivity index (χ2v) is 6.42. The first-order valence-electron chi connectivity index (χ1n) is 6.78. The second-order valence-electron chi connectivity index (χ2n) is 4.61. The third-order valence-electron chi connectivity index (χ3n) is 3.11. The van der Waals surface area contributed by atoms with E-state index >= 15 is 0 Å². The quantitative estimate of drug-likeness (QED) is 0.802. The summed E-state index contributed by atoms with van der Waals surface area (Å²) in [6, 6.07) is 11.5. The lowest BCUT2D eigenvalue weighted by atomic mass is 10.1. The van der Waals surface area contributed by atoms with E-state index in [4.69, 9.17) is 4.42 Å². The third kappa shape index (κ3) is 3.34. The first kappa shape index (κ1) is 15.1. The average molecular weight is 377 g/mol. The molecular formula is C16H13BrN2O2S. The standard InChI is InChI=1S/C16H13BrN2O2S/c1-2-10-5-3-4-6-12(10)18-16-19-15(20)13(22-16)9-11-7-8-14(17)21-11/h3-9H,2H2,1H3,(H,18,19,20). The van der Waals surface area contributed by atoms with E-state index < -0.39 is 0 Å². The molecule has 1 amide bonds. The molecule has 112 valence electrons. The van der Waals surface area contributed by atoms with E-state index in [1.54, 1.807) is 18.2 Å². The second kappa shape index (κ2) is 6.54. The summed E-state index contributed by atoms with van der Waals surface area (Å²) in [5, 5.41) is 3.37. The Morgan fingerprint density at radius 1 is 1.32 bits per heavy atom. The van der Waals surface area contributed by atoms with Gasteiger partial charge in [0.15, 0.2) is 9.84 Å². The van der Waals surface area contributed by atoms with Crippen LogP contribution in [-0.4, -0.2) is 11.1 Å². The molecule has 1 aliphatic heterocycles. The van der Waals surface area contributed by atoms with E-state index in [-0.39, 0.29) is 5.91 Å². The average Bonchev–Trinajstić information content (AvgIpc) is 3.06. The lowest BCUT2D eigenvalue weighted by Gasteiger charge is -2.02. The molecule has 3 rings (SSSR count). The largest absolute Gasteiger partial charge is 0.450 e. The summed E-state index contributed by atoms with van der Waals surface area (Å²) in [6.45, 7) is 2.08. The van der Waals surface area contributed by atoms with Crippen molar-refractivity contribution in [3.63, 3.8) is 0 Å². The molecule has 1 N–H and O–H groups in total. The Balaban J connectivity index is 1.85. The number of hydrogen-bond donors (Lipinski definition) is 1. The number of furan rings is 1. The van der Waals surface area contributed by atoms with Crippen LogP contribution >= 0.6 is 27.7 Å². The number of thioether (sulfide) groups is 1. The molecule has 6 heteroatoms. The Labute approximate surface area is 140 Å². The number of aliphatic imine (C=N–C) groups is 1. The van der Waals surface area contributed by atoms with Crippen molar-refractivity contribution in [1.82, 2.24) is 5.32 Å². The Kier molecular flexibility index (Phi) is 4.49. The highest BCUT2D eigenvalue weighted by atomic mass is 79.9. The van der Waals surface area contributed by atoms with Crippen LogP contribution < -0.4 is 5.32 Å². The number of aryl methyl sites for hydroxylation is 1. The van der Waals surface area contributed by atoms with Gasteiger partial charge in [0, 0.05) is 6.08 Å². The minimum Gasteiger partial charge on any atom is -0.450 e. The van der Waals surface area contributed by atoms with Crippen molar-refractivity contribution in [2.75, 3.05) is 0 Å². The molecule has 2 aromatic rings. The topological polar surface area (TPSA) is 54.6 Å². The molecule has 0 saturated carbocycles. The third-order valence-corrected chi connectivity index (χ3v) is 4.45. The summed E-state index contributed by atoms with van der Waals surface area (Å²) >= 11 is 4.55. The van der Waals surface area contributed by atoms with E-state index in [9.17, 15) is 4.79 Å². The molecule has 0 atom stereocenters. The number of amidine groups is 1. The predicted octanol–water partition coefficient (Wildman–Crippen LogP) is 4.50. The zero-order valence-electron chi connectivity index (χ0n) is 11.8. The highest BCUT2D eigenvalue weighted by molar-refractivity contribution is 9.10. The number of halogens is 1. The molecule has 0 radical (unpaired) electrons. The van der Waals surface area contributed by atoms with Crippen molar-refractivity contribution in [2.24, 2.45) is 4.99 Å². The molecule has 1 aliphatic rings. The summed E-state index contributed by atoms with van der Waals surface area (Å²) < 4.78 is 6.02. The minimum atomic E-state index is -0.162. The maximum atomic E-state index is 12.0. The number of nitrogens with one attached hydrogen (secondary N) is 1. The highest BCUT2D eigenvalue weighted by Gasteiger charge is 2.24. The smallest absolute Gasteiger partial charge is 0.264 e. The van der Waals surface area contributed by atoms with Crippen LogP contribution in [-0.2, 0) is 11.2 Å². The fourth-order valence-corrected chi connectivity index (χ4v) is 3.18. The minimum absolute atomic E-state index is 0.162. The summed E-state index contributed by atoms with van der Waals surface area (Å²) in [7, 11) is 0. The molecule has 1 aromatic heterocycles. The van der Waals surface area contributed by atoms with Gasteiger partial charge in [-0.25, -0.2) is 4.99 Å². The van der Waals surface area contributed by atoms with Gasteiger partial charge in [-0.15, -0.1) is 0 Å². The van der Waals surface area contributed by atoms with Crippen LogP contribution in [0.25, 0.3) is 6.08 Å². The van der Waals surface area contributed by atoms with E-state index in [2.05, 4.69) is 33.2 Å². The van der Waals surface area contributed by atoms with Gasteiger partial charge in [-0.05, 0) is 57.9 Å². The van der Waals surface area contributed by atoms with Crippen LogP contribution in [0.1, 0.15) is 18.2 Å². The number of carbonyl (C=O) groups is 1. The van der Waals surface area contributed by atoms with Gasteiger partial charge < -0.3 is 9.73 Å². The van der Waals surface area contributed by atoms with Crippen LogP contribution in [0.4, 0.5) is 5.69 Å². The van der Waals surface area contributed by atoms with Gasteiger partial charge >= 0.3 is 0 Å². The number of carbonyl (C=O) groups excluding carboxylic acids is 1. The van der Waals surface area contributed by atoms with Crippen LogP contribution in [0.2, 0.25) is 0 Å². The van der Waals surface area contributed by atoms with Gasteiger partial charge in [0.25, 0.3) is 5.91 Å². The summed E-state index contributed by atoms with van der Waals surface area (Å²) in [5.74, 6) is 0.463. The Hall–Kier alpha value is -1.79. The number of rotatable bonds is 3. The molecule has 0 unspecified atom stereocenters. The summed E-state index contributed by atoms with van der Waals surface area (Å²) in [6.07, 6.45) is 2.60. The van der Waals surface area contributed by atoms with E-state index in [0.29, 0.717) is 20.5 Å². The molecule has 1 aromatic carbocycles. The van der Waals surface area contributed by atoms with Crippen molar-refractivity contribution in [3.05, 3.63) is 57.3 Å². The van der Waals surface area contributed by atoms with E-state index in [1.165, 1.54) is 11.8 Å². The fourth-order valence-electron chi connectivity index (χ4n) is 2.04. The fraction of sp³-hybridized carbons (Fsp3) is 0.125. The molecule has 1 saturated heterocycles. The Morgan fingerprint density at radius 2 is 2.14 bits per heavy atom. The number of nitrogens with zero attached hydrogens (tertiary/aromatic N) is 1. The lowest BCUT2D eigenvalue weighted by Crippen LogP contribution is -2.19. The molecule has 1 fully saturated rings. The first-order chi connectivity index (χ1) is 10.7. The van der Waals surface area contributed by atoms with Crippen LogP contribution in [0.3, 0.4) is 0 Å². The van der Waals surface area contributed by atoms with Gasteiger partial charge in [0.2, 0.25) is 0 Å². The van der Waals surface area contributed by atoms with Crippen molar-refractivity contribution in [1.29, 1.82) is 0 Å². The summed E-state index contributed by atoms with van der Waals surface area (Å²) in [5.41, 5.74) is 2.03. The SMILES string of the molecule is CCc1ccccc1N=C1NC(=O)C(=Cc2ccc(Br)o2)S1. The maximum Gasteiger partial charge on any atom is 0.264 e. The molecule has 0 aliphatic carbocycles. The van der Waals surface area contributed by atoms with Gasteiger partial charge in [-0.2, -0.15) is 0 Å². The zero-order chi connectivity index (χ0) is 15.5. The molecule has 22 heavy (non-hydrogen) atoms. The molecular weight excluding hydrogens is 364 g/mol.